The molecule has 1 aliphatic rings. The first kappa shape index (κ1) is 48.2. The number of rotatable bonds is 13. The van der Waals surface area contributed by atoms with Gasteiger partial charge in [-0.1, -0.05) is 0 Å². The van der Waals surface area contributed by atoms with Crippen molar-refractivity contribution in [2.75, 3.05) is 64.0 Å². The predicted molar refractivity (Wildman–Crippen MR) is 197 cm³/mol. The Kier molecular flexibility index (Phi) is 16.9. The van der Waals surface area contributed by atoms with Gasteiger partial charge in [0.05, 0.1) is 0 Å². The van der Waals surface area contributed by atoms with Crippen molar-refractivity contribution in [3.8, 4) is 51.7 Å². The van der Waals surface area contributed by atoms with Gasteiger partial charge in [-0.05, 0) is 0 Å². The summed E-state index contributed by atoms with van der Waals surface area (Å²) >= 11 is 2.32. The molecule has 290 valence electrons. The zero-order valence-corrected chi connectivity index (χ0v) is 38.4. The molecular formula is C39H51Cl3O9SiTi. The Morgan fingerprint density at radius 3 is 0.811 bits per heavy atom. The third kappa shape index (κ3) is 6.86. The van der Waals surface area contributed by atoms with Gasteiger partial charge in [0.2, 0.25) is 0 Å². The minimum atomic E-state index is -3.85. The van der Waals surface area contributed by atoms with Crippen LogP contribution in [0.5, 0.6) is 51.7 Å². The molecule has 0 aromatic heterocycles. The van der Waals surface area contributed by atoms with Gasteiger partial charge in [-0.2, -0.15) is 0 Å². The molecule has 0 spiro atoms. The van der Waals surface area contributed by atoms with Crippen LogP contribution in [0.25, 0.3) is 0 Å². The van der Waals surface area contributed by atoms with E-state index in [2.05, 4.69) is 66.3 Å². The van der Waals surface area contributed by atoms with E-state index in [9.17, 15) is 0 Å². The van der Waals surface area contributed by atoms with Gasteiger partial charge in [-0.15, -0.1) is 0 Å². The fourth-order valence-electron chi connectivity index (χ4n) is 7.96. The summed E-state index contributed by atoms with van der Waals surface area (Å²) in [6, 6.07) is 6.27. The predicted octanol–water partition coefficient (Wildman–Crippen LogP) is -2.90. The zero-order valence-electron chi connectivity index (χ0n) is 33.5. The molecule has 0 amide bonds. The van der Waals surface area contributed by atoms with Crippen molar-refractivity contribution >= 4 is 23.6 Å². The molecule has 0 radical (unpaired) electrons. The average molecular weight is 846 g/mol. The summed E-state index contributed by atoms with van der Waals surface area (Å²) < 4.78 is 55.6. The van der Waals surface area contributed by atoms with E-state index in [0.717, 1.165) is 32.3 Å². The van der Waals surface area contributed by atoms with E-state index in [1.807, 2.05) is 20.8 Å². The van der Waals surface area contributed by atoms with Crippen molar-refractivity contribution in [1.29, 1.82) is 0 Å². The maximum atomic E-state index is 6.46. The molecule has 3 aromatic rings. The minimum absolute atomic E-state index is 0. The van der Waals surface area contributed by atoms with Crippen molar-refractivity contribution in [3.63, 3.8) is 0 Å². The number of allylic oxidation sites excluding steroid dienone is 4. The third-order valence-electron chi connectivity index (χ3n) is 10.8. The molecule has 0 aliphatic heterocycles. The summed E-state index contributed by atoms with van der Waals surface area (Å²) in [5.74, 6) is 5.33. The molecule has 14 heteroatoms. The monoisotopic (exact) mass is 844 g/mol. The minimum Gasteiger partial charge on any atom is -1.00 e. The molecule has 0 fully saturated rings. The van der Waals surface area contributed by atoms with E-state index in [-0.39, 0.29) is 37.2 Å². The molecule has 9 nitrogen and oxygen atoms in total. The van der Waals surface area contributed by atoms with E-state index in [0.29, 0.717) is 51.7 Å². The summed E-state index contributed by atoms with van der Waals surface area (Å²) in [4.78, 5) is 0. The van der Waals surface area contributed by atoms with Crippen LogP contribution >= 0.6 is 0 Å². The largest absolute Gasteiger partial charge is 1.00 e. The van der Waals surface area contributed by atoms with E-state index in [4.69, 9.17) is 42.6 Å². The SMILES string of the molecule is COc1cc([Si](c2cc(OC)c(C)c(OC)c2OC)(c2cc(OC)c(C)c(OC)c2OC)[C]2([Ti+3])C(C)=C(C)C(C)=C2C)c(OC)c(OC)c1C.[Cl-].[Cl-].[Cl-]. The van der Waals surface area contributed by atoms with Gasteiger partial charge in [-0.3, -0.25) is 0 Å². The Bertz CT molecular complexity index is 1700. The Morgan fingerprint density at radius 1 is 0.396 bits per heavy atom. The smallest absolute Gasteiger partial charge is 1.00 e. The van der Waals surface area contributed by atoms with E-state index < -0.39 is 11.4 Å². The van der Waals surface area contributed by atoms with Crippen LogP contribution in [-0.2, 0) is 20.4 Å². The first-order chi connectivity index (χ1) is 23.7. The zero-order chi connectivity index (χ0) is 37.5. The fraction of sp³-hybridized carbons (Fsp3) is 0.436. The second-order valence-corrected chi connectivity index (χ2v) is 18.3. The number of ether oxygens (including phenoxy) is 9. The molecule has 0 saturated carbocycles. The van der Waals surface area contributed by atoms with Crippen LogP contribution in [0, 0.1) is 20.8 Å². The summed E-state index contributed by atoms with van der Waals surface area (Å²) in [5.41, 5.74) is 7.22. The van der Waals surface area contributed by atoms with Crippen LogP contribution in [-0.4, -0.2) is 72.1 Å². The molecule has 0 saturated heterocycles. The van der Waals surface area contributed by atoms with E-state index in [1.54, 1.807) is 64.0 Å². The molecule has 1 aliphatic carbocycles. The maximum absolute atomic E-state index is 6.46. The maximum Gasteiger partial charge on any atom is -1.00 e. The standard InChI is InChI=1S/C39H51O9Si.3ClH.Ti/c1-20-21(2)23(4)39(22(20)3)49(30-17-27(40-8)24(5)33(43-11)36(30)46-14,31-18-28(41-9)25(6)34(44-12)37(31)47-15)32-19-29(42-10)26(7)35(45-13)38(32)48-16;;;;/h17-19H,1-16H3;3*1H;/q;;;;+3/p-3. The van der Waals surface area contributed by atoms with Crippen molar-refractivity contribution in [2.45, 2.75) is 51.8 Å². The molecule has 3 aromatic carbocycles. The van der Waals surface area contributed by atoms with Gasteiger partial charge < -0.3 is 37.2 Å². The van der Waals surface area contributed by atoms with Gasteiger partial charge in [-0.25, -0.2) is 0 Å². The van der Waals surface area contributed by atoms with Crippen LogP contribution in [0.3, 0.4) is 0 Å². The average Bonchev–Trinajstić information content (AvgIpc) is 3.27. The van der Waals surface area contributed by atoms with Gasteiger partial charge in [0.25, 0.3) is 0 Å². The number of halogens is 3. The summed E-state index contributed by atoms with van der Waals surface area (Å²) in [5, 5.41) is 2.58. The van der Waals surface area contributed by atoms with Gasteiger partial charge in [0.1, 0.15) is 0 Å². The van der Waals surface area contributed by atoms with Gasteiger partial charge in [0.15, 0.2) is 0 Å². The van der Waals surface area contributed by atoms with Gasteiger partial charge in [0, 0.05) is 0 Å². The van der Waals surface area contributed by atoms with Crippen molar-refractivity contribution in [3.05, 3.63) is 57.2 Å². The number of methoxy groups -OCH3 is 9. The van der Waals surface area contributed by atoms with Crippen LogP contribution in [0.15, 0.2) is 40.5 Å². The summed E-state index contributed by atoms with van der Waals surface area (Å²) in [6.45, 7) is 14.7. The Balaban J connectivity index is 0.00000468. The Hall–Kier alpha value is -2.86. The molecule has 0 bridgehead atoms. The third-order valence-corrected chi connectivity index (χ3v) is 19.1. The summed E-state index contributed by atoms with van der Waals surface area (Å²) in [6.07, 6.45) is 0. The topological polar surface area (TPSA) is 83.1 Å². The summed E-state index contributed by atoms with van der Waals surface area (Å²) in [7, 11) is 11.1. The second kappa shape index (κ2) is 18.7. The van der Waals surface area contributed by atoms with Gasteiger partial charge >= 0.3 is 311 Å². The molecule has 4 rings (SSSR count). The number of hydrogen-bond donors (Lipinski definition) is 0. The van der Waals surface area contributed by atoms with E-state index in [1.165, 1.54) is 22.3 Å². The molecule has 53 heavy (non-hydrogen) atoms. The normalized spacial score (nSPS) is 13.3. The first-order valence-corrected chi connectivity index (χ1v) is 19.0. The Labute approximate surface area is 346 Å². The van der Waals surface area contributed by atoms with Crippen molar-refractivity contribution in [1.82, 2.24) is 0 Å². The van der Waals surface area contributed by atoms with E-state index >= 15 is 0 Å². The number of hydrogen-bond acceptors (Lipinski definition) is 9. The van der Waals surface area contributed by atoms with Crippen LogP contribution in [0.2, 0.25) is 3.34 Å². The van der Waals surface area contributed by atoms with Crippen molar-refractivity contribution in [2.24, 2.45) is 0 Å². The second-order valence-electron chi connectivity index (χ2n) is 12.5. The quantitative estimate of drug-likeness (QED) is 0.133. The molecule has 0 atom stereocenters. The first-order valence-electron chi connectivity index (χ1n) is 16.2. The van der Waals surface area contributed by atoms with Crippen LogP contribution in [0.1, 0.15) is 44.4 Å². The molecule has 0 heterocycles. The van der Waals surface area contributed by atoms with Crippen LogP contribution < -0.4 is 95.4 Å². The molecule has 0 unspecified atom stereocenters. The van der Waals surface area contributed by atoms with Crippen molar-refractivity contribution < 1.29 is 100 Å². The molecular weight excluding hydrogens is 795 g/mol. The number of benzene rings is 3. The Morgan fingerprint density at radius 2 is 0.623 bits per heavy atom. The fourth-order valence-corrected chi connectivity index (χ4v) is 16.7. The van der Waals surface area contributed by atoms with Crippen LogP contribution in [0.4, 0.5) is 0 Å². The molecule has 0 N–H and O–H groups in total.